The van der Waals surface area contributed by atoms with Gasteiger partial charge in [0.25, 0.3) is 0 Å². The molecule has 2 nitrogen and oxygen atoms in total. The number of nitrogens with one attached hydrogen (secondary N) is 1. The van der Waals surface area contributed by atoms with E-state index in [2.05, 4.69) is 35.9 Å². The molecule has 1 rings (SSSR count). The smallest absolute Gasteiger partial charge is 0.241 e. The van der Waals surface area contributed by atoms with Crippen molar-refractivity contribution in [2.24, 2.45) is 0 Å². The van der Waals surface area contributed by atoms with Crippen LogP contribution in [0.15, 0.2) is 18.7 Å². The molecule has 0 aromatic carbocycles. The van der Waals surface area contributed by atoms with Gasteiger partial charge < -0.3 is 12.4 Å². The predicted octanol–water partition coefficient (Wildman–Crippen LogP) is 0.228. The lowest BCUT2D eigenvalue weighted by atomic mass is 10.0. The molecule has 1 unspecified atom stereocenters. The van der Waals surface area contributed by atoms with Gasteiger partial charge in [-0.05, 0) is 19.3 Å². The Kier molecular flexibility index (Phi) is 8.49. The molecular weight excluding hydrogens is 208 g/mol. The summed E-state index contributed by atoms with van der Waals surface area (Å²) in [6, 6.07) is 0.706. The number of rotatable bonds is 7. The number of aromatic amines is 1. The highest BCUT2D eigenvalue weighted by molar-refractivity contribution is 4.60. The molecule has 0 amide bonds. The monoisotopic (exact) mass is 230 g/mol. The van der Waals surface area contributed by atoms with Crippen molar-refractivity contribution in [2.75, 3.05) is 0 Å². The van der Waals surface area contributed by atoms with Crippen molar-refractivity contribution in [2.45, 2.75) is 58.4 Å². The topological polar surface area (TPSA) is 19.7 Å². The van der Waals surface area contributed by atoms with E-state index in [4.69, 9.17) is 0 Å². The SMILES string of the molecule is CCCCCC(CCC)[n+]1cc[nH]c1.[Cl-]. The Balaban J connectivity index is 0.00000196. The van der Waals surface area contributed by atoms with Gasteiger partial charge in [-0.2, -0.15) is 0 Å². The summed E-state index contributed by atoms with van der Waals surface area (Å²) < 4.78 is 2.32. The number of H-pyrrole nitrogens is 1. The van der Waals surface area contributed by atoms with E-state index in [-0.39, 0.29) is 12.4 Å². The van der Waals surface area contributed by atoms with Gasteiger partial charge in [0.05, 0.1) is 0 Å². The van der Waals surface area contributed by atoms with E-state index in [0.717, 1.165) is 0 Å². The molecule has 0 aliphatic heterocycles. The minimum atomic E-state index is 0. The van der Waals surface area contributed by atoms with Gasteiger partial charge in [-0.25, -0.2) is 4.57 Å². The summed E-state index contributed by atoms with van der Waals surface area (Å²) in [6.45, 7) is 4.53. The minimum Gasteiger partial charge on any atom is -1.00 e. The van der Waals surface area contributed by atoms with Crippen LogP contribution in [0, 0.1) is 0 Å². The lowest BCUT2D eigenvalue weighted by Crippen LogP contribution is -3.00. The first-order valence-corrected chi connectivity index (χ1v) is 5.92. The first-order valence-electron chi connectivity index (χ1n) is 5.92. The van der Waals surface area contributed by atoms with Gasteiger partial charge in [-0.3, -0.25) is 4.98 Å². The van der Waals surface area contributed by atoms with Gasteiger partial charge in [-0.15, -0.1) is 0 Å². The summed E-state index contributed by atoms with van der Waals surface area (Å²) in [5.74, 6) is 0. The number of unbranched alkanes of at least 4 members (excludes halogenated alkanes) is 2. The standard InChI is InChI=1S/C12H22N2.ClH/c1-3-5-6-8-12(7-4-2)14-10-9-13-11-14;/h9-12H,3-8H2,1-2H3;1H. The van der Waals surface area contributed by atoms with E-state index in [0.29, 0.717) is 6.04 Å². The molecular formula is C12H23ClN2. The first-order chi connectivity index (χ1) is 6.88. The molecule has 0 aliphatic rings. The minimum absolute atomic E-state index is 0. The van der Waals surface area contributed by atoms with E-state index in [1.807, 2.05) is 6.20 Å². The maximum atomic E-state index is 3.12. The Morgan fingerprint density at radius 2 is 1.93 bits per heavy atom. The molecule has 88 valence electrons. The van der Waals surface area contributed by atoms with Crippen molar-refractivity contribution in [3.05, 3.63) is 18.7 Å². The average Bonchev–Trinajstić information content (AvgIpc) is 2.70. The Bertz CT molecular complexity index is 222. The molecule has 0 spiro atoms. The number of hydrogen-bond acceptors (Lipinski definition) is 0. The van der Waals surface area contributed by atoms with E-state index >= 15 is 0 Å². The number of nitrogens with zero attached hydrogens (tertiary/aromatic N) is 1. The maximum Gasteiger partial charge on any atom is 0.241 e. The average molecular weight is 231 g/mol. The molecule has 15 heavy (non-hydrogen) atoms. The van der Waals surface area contributed by atoms with Gasteiger partial charge in [0, 0.05) is 0 Å². The maximum absolute atomic E-state index is 3.12. The molecule has 0 bridgehead atoms. The van der Waals surface area contributed by atoms with Crippen molar-refractivity contribution in [3.63, 3.8) is 0 Å². The van der Waals surface area contributed by atoms with Gasteiger partial charge in [0.2, 0.25) is 6.33 Å². The zero-order chi connectivity index (χ0) is 10.2. The van der Waals surface area contributed by atoms with Crippen molar-refractivity contribution in [3.8, 4) is 0 Å². The van der Waals surface area contributed by atoms with Crippen LogP contribution in [-0.4, -0.2) is 4.98 Å². The largest absolute Gasteiger partial charge is 1.00 e. The van der Waals surface area contributed by atoms with E-state index in [9.17, 15) is 0 Å². The third-order valence-electron chi connectivity index (χ3n) is 2.75. The van der Waals surface area contributed by atoms with Crippen LogP contribution in [0.25, 0.3) is 0 Å². The lowest BCUT2D eigenvalue weighted by Gasteiger charge is -2.12. The van der Waals surface area contributed by atoms with Gasteiger partial charge in [-0.1, -0.05) is 33.1 Å². The lowest BCUT2D eigenvalue weighted by molar-refractivity contribution is -0.723. The number of halogens is 1. The van der Waals surface area contributed by atoms with Crippen LogP contribution in [0.4, 0.5) is 0 Å². The summed E-state index contributed by atoms with van der Waals surface area (Å²) in [5.41, 5.74) is 0. The molecule has 1 aromatic rings. The highest BCUT2D eigenvalue weighted by atomic mass is 35.5. The van der Waals surface area contributed by atoms with E-state index < -0.39 is 0 Å². The number of imidazole rings is 1. The van der Waals surface area contributed by atoms with Crippen LogP contribution in [0.2, 0.25) is 0 Å². The summed E-state index contributed by atoms with van der Waals surface area (Å²) in [4.78, 5) is 3.12. The summed E-state index contributed by atoms with van der Waals surface area (Å²) >= 11 is 0. The fourth-order valence-corrected chi connectivity index (χ4v) is 1.93. The molecule has 1 heterocycles. The van der Waals surface area contributed by atoms with E-state index in [1.165, 1.54) is 38.5 Å². The van der Waals surface area contributed by atoms with E-state index in [1.54, 1.807) is 0 Å². The fraction of sp³-hybridized carbons (Fsp3) is 0.750. The molecule has 1 aromatic heterocycles. The predicted molar refractivity (Wildman–Crippen MR) is 59.1 cm³/mol. The van der Waals surface area contributed by atoms with Crippen LogP contribution >= 0.6 is 0 Å². The highest BCUT2D eigenvalue weighted by Gasteiger charge is 2.13. The van der Waals surface area contributed by atoms with Crippen molar-refractivity contribution < 1.29 is 17.0 Å². The molecule has 0 radical (unpaired) electrons. The number of aromatic nitrogens is 2. The Labute approximate surface area is 99.5 Å². The van der Waals surface area contributed by atoms with Crippen LogP contribution in [0.1, 0.15) is 58.4 Å². The molecule has 1 N–H and O–H groups in total. The van der Waals surface area contributed by atoms with Crippen molar-refractivity contribution >= 4 is 0 Å². The molecule has 0 fully saturated rings. The van der Waals surface area contributed by atoms with Crippen LogP contribution in [-0.2, 0) is 0 Å². The second-order valence-corrected chi connectivity index (χ2v) is 4.00. The van der Waals surface area contributed by atoms with Gasteiger partial charge in [0.15, 0.2) is 0 Å². The molecule has 3 heteroatoms. The Morgan fingerprint density at radius 3 is 2.47 bits per heavy atom. The highest BCUT2D eigenvalue weighted by Crippen LogP contribution is 2.15. The summed E-state index contributed by atoms with van der Waals surface area (Å²) in [6.07, 6.45) is 14.2. The summed E-state index contributed by atoms with van der Waals surface area (Å²) in [7, 11) is 0. The van der Waals surface area contributed by atoms with Crippen molar-refractivity contribution in [1.82, 2.24) is 4.98 Å². The van der Waals surface area contributed by atoms with Gasteiger partial charge >= 0.3 is 0 Å². The normalized spacial score (nSPS) is 12.1. The quantitative estimate of drug-likeness (QED) is 0.511. The fourth-order valence-electron chi connectivity index (χ4n) is 1.93. The van der Waals surface area contributed by atoms with Crippen LogP contribution in [0.5, 0.6) is 0 Å². The zero-order valence-electron chi connectivity index (χ0n) is 9.88. The third kappa shape index (κ3) is 5.22. The number of hydrogen-bond donors (Lipinski definition) is 1. The van der Waals surface area contributed by atoms with Gasteiger partial charge in [0.1, 0.15) is 18.4 Å². The van der Waals surface area contributed by atoms with Crippen LogP contribution < -0.4 is 17.0 Å². The zero-order valence-corrected chi connectivity index (χ0v) is 10.6. The molecule has 0 saturated heterocycles. The molecule has 1 atom stereocenters. The molecule has 0 saturated carbocycles. The first kappa shape index (κ1) is 14.5. The van der Waals surface area contributed by atoms with Crippen LogP contribution in [0.3, 0.4) is 0 Å². The second kappa shape index (κ2) is 8.78. The van der Waals surface area contributed by atoms with Crippen molar-refractivity contribution in [1.29, 1.82) is 0 Å². The summed E-state index contributed by atoms with van der Waals surface area (Å²) in [5, 5.41) is 0. The third-order valence-corrected chi connectivity index (χ3v) is 2.75. The molecule has 0 aliphatic carbocycles. The second-order valence-electron chi connectivity index (χ2n) is 4.00. The Morgan fingerprint density at radius 1 is 1.13 bits per heavy atom. The Hall–Kier alpha value is -0.500.